The molecule has 0 unspecified atom stereocenters. The first-order chi connectivity index (χ1) is 10.2. The fraction of sp³-hybridized carbons (Fsp3) is 0.643. The minimum atomic E-state index is -0.171. The highest BCUT2D eigenvalue weighted by atomic mass is 16.5. The molecule has 1 N–H and O–H groups in total. The van der Waals surface area contributed by atoms with Gasteiger partial charge in [-0.3, -0.25) is 4.79 Å². The van der Waals surface area contributed by atoms with Crippen LogP contribution in [0.4, 0.5) is 5.82 Å². The van der Waals surface area contributed by atoms with Gasteiger partial charge < -0.3 is 19.9 Å². The standard InChI is InChI=1S/C14H23N5O2/c1-18(2)7-3-6-15-14(20)12-4-5-13(17-16-12)19-8-10-21-11-9-19/h4-5H,3,6-11H2,1-2H3,(H,15,20). The van der Waals surface area contributed by atoms with Gasteiger partial charge in [-0.05, 0) is 39.2 Å². The Morgan fingerprint density at radius 1 is 1.33 bits per heavy atom. The topological polar surface area (TPSA) is 70.6 Å². The summed E-state index contributed by atoms with van der Waals surface area (Å²) in [5, 5.41) is 11.0. The Labute approximate surface area is 125 Å². The zero-order valence-corrected chi connectivity index (χ0v) is 12.7. The van der Waals surface area contributed by atoms with E-state index in [0.29, 0.717) is 25.5 Å². The summed E-state index contributed by atoms with van der Waals surface area (Å²) in [6.07, 6.45) is 0.915. The molecule has 2 heterocycles. The number of morpholine rings is 1. The van der Waals surface area contributed by atoms with Gasteiger partial charge >= 0.3 is 0 Å². The summed E-state index contributed by atoms with van der Waals surface area (Å²) in [6, 6.07) is 3.56. The van der Waals surface area contributed by atoms with E-state index in [0.717, 1.165) is 31.9 Å². The van der Waals surface area contributed by atoms with Gasteiger partial charge in [-0.1, -0.05) is 0 Å². The lowest BCUT2D eigenvalue weighted by molar-refractivity contribution is 0.0946. The molecule has 0 aliphatic carbocycles. The fourth-order valence-electron chi connectivity index (χ4n) is 2.10. The summed E-state index contributed by atoms with van der Waals surface area (Å²) >= 11 is 0. The number of nitrogens with one attached hydrogen (secondary N) is 1. The van der Waals surface area contributed by atoms with Crippen molar-refractivity contribution in [2.45, 2.75) is 6.42 Å². The quantitative estimate of drug-likeness (QED) is 0.744. The molecule has 7 heteroatoms. The van der Waals surface area contributed by atoms with Crippen molar-refractivity contribution in [2.24, 2.45) is 0 Å². The second kappa shape index (κ2) is 7.90. The molecule has 1 aliphatic rings. The van der Waals surface area contributed by atoms with Crippen LogP contribution in [-0.4, -0.2) is 74.5 Å². The SMILES string of the molecule is CN(C)CCCNC(=O)c1ccc(N2CCOCC2)nn1. The summed E-state index contributed by atoms with van der Waals surface area (Å²) in [6.45, 7) is 4.62. The highest BCUT2D eigenvalue weighted by molar-refractivity contribution is 5.92. The molecule has 0 bridgehead atoms. The summed E-state index contributed by atoms with van der Waals surface area (Å²) in [5.41, 5.74) is 0.358. The van der Waals surface area contributed by atoms with Crippen LogP contribution < -0.4 is 10.2 Å². The van der Waals surface area contributed by atoms with Crippen LogP contribution in [0.2, 0.25) is 0 Å². The molecule has 1 amide bonds. The Bertz CT molecular complexity index is 443. The van der Waals surface area contributed by atoms with E-state index >= 15 is 0 Å². The number of carbonyl (C=O) groups excluding carboxylic acids is 1. The molecule has 0 spiro atoms. The number of aromatic nitrogens is 2. The van der Waals surface area contributed by atoms with Crippen molar-refractivity contribution in [3.05, 3.63) is 17.8 Å². The lowest BCUT2D eigenvalue weighted by Gasteiger charge is -2.27. The van der Waals surface area contributed by atoms with Gasteiger partial charge in [0.15, 0.2) is 11.5 Å². The number of rotatable bonds is 6. The van der Waals surface area contributed by atoms with Crippen molar-refractivity contribution in [1.82, 2.24) is 20.4 Å². The Morgan fingerprint density at radius 3 is 2.71 bits per heavy atom. The number of amides is 1. The maximum Gasteiger partial charge on any atom is 0.271 e. The Hall–Kier alpha value is -1.73. The third-order valence-corrected chi connectivity index (χ3v) is 3.29. The molecule has 21 heavy (non-hydrogen) atoms. The smallest absolute Gasteiger partial charge is 0.271 e. The van der Waals surface area contributed by atoms with Crippen molar-refractivity contribution in [2.75, 3.05) is 58.4 Å². The first-order valence-electron chi connectivity index (χ1n) is 7.26. The predicted octanol–water partition coefficient (Wildman–Crippen LogP) is -0.00530. The van der Waals surface area contributed by atoms with Crippen LogP contribution in [0.1, 0.15) is 16.9 Å². The van der Waals surface area contributed by atoms with E-state index in [1.807, 2.05) is 20.2 Å². The van der Waals surface area contributed by atoms with Gasteiger partial charge in [0.25, 0.3) is 5.91 Å². The van der Waals surface area contributed by atoms with Crippen LogP contribution in [0.3, 0.4) is 0 Å². The Kier molecular flexibility index (Phi) is 5.89. The zero-order valence-electron chi connectivity index (χ0n) is 12.7. The maximum absolute atomic E-state index is 11.9. The molecule has 116 valence electrons. The monoisotopic (exact) mass is 293 g/mol. The van der Waals surface area contributed by atoms with Crippen LogP contribution in [0.5, 0.6) is 0 Å². The first kappa shape index (κ1) is 15.7. The molecule has 0 atom stereocenters. The van der Waals surface area contributed by atoms with Crippen LogP contribution in [0.15, 0.2) is 12.1 Å². The van der Waals surface area contributed by atoms with Gasteiger partial charge in [0, 0.05) is 19.6 Å². The van der Waals surface area contributed by atoms with E-state index in [2.05, 4.69) is 25.3 Å². The minimum Gasteiger partial charge on any atom is -0.378 e. The van der Waals surface area contributed by atoms with Crippen molar-refractivity contribution in [1.29, 1.82) is 0 Å². The third kappa shape index (κ3) is 4.95. The number of hydrogen-bond acceptors (Lipinski definition) is 6. The number of hydrogen-bond donors (Lipinski definition) is 1. The normalized spacial score (nSPS) is 15.3. The summed E-state index contributed by atoms with van der Waals surface area (Å²) < 4.78 is 5.30. The van der Waals surface area contributed by atoms with E-state index in [-0.39, 0.29) is 5.91 Å². The molecular formula is C14H23N5O2. The van der Waals surface area contributed by atoms with E-state index < -0.39 is 0 Å². The van der Waals surface area contributed by atoms with Gasteiger partial charge in [0.2, 0.25) is 0 Å². The second-order valence-corrected chi connectivity index (χ2v) is 5.29. The summed E-state index contributed by atoms with van der Waals surface area (Å²) in [4.78, 5) is 16.1. The van der Waals surface area contributed by atoms with E-state index in [1.54, 1.807) is 6.07 Å². The lowest BCUT2D eigenvalue weighted by Crippen LogP contribution is -2.37. The number of carbonyl (C=O) groups is 1. The van der Waals surface area contributed by atoms with Gasteiger partial charge in [0.05, 0.1) is 13.2 Å². The molecule has 1 saturated heterocycles. The van der Waals surface area contributed by atoms with Crippen molar-refractivity contribution in [3.8, 4) is 0 Å². The first-order valence-corrected chi connectivity index (χ1v) is 7.26. The zero-order chi connectivity index (χ0) is 15.1. The second-order valence-electron chi connectivity index (χ2n) is 5.29. The third-order valence-electron chi connectivity index (χ3n) is 3.29. The molecule has 7 nitrogen and oxygen atoms in total. The molecule has 1 aromatic heterocycles. The molecule has 1 aromatic rings. The van der Waals surface area contributed by atoms with Crippen LogP contribution in [0.25, 0.3) is 0 Å². The number of anilines is 1. The van der Waals surface area contributed by atoms with E-state index in [4.69, 9.17) is 4.74 Å². The van der Waals surface area contributed by atoms with Crippen molar-refractivity contribution >= 4 is 11.7 Å². The Morgan fingerprint density at radius 2 is 2.10 bits per heavy atom. The van der Waals surface area contributed by atoms with E-state index in [9.17, 15) is 4.79 Å². The Balaban J connectivity index is 1.82. The van der Waals surface area contributed by atoms with Gasteiger partial charge in [0.1, 0.15) is 0 Å². The number of ether oxygens (including phenoxy) is 1. The van der Waals surface area contributed by atoms with Crippen LogP contribution in [-0.2, 0) is 4.74 Å². The van der Waals surface area contributed by atoms with Gasteiger partial charge in [-0.15, -0.1) is 10.2 Å². The maximum atomic E-state index is 11.9. The molecular weight excluding hydrogens is 270 g/mol. The van der Waals surface area contributed by atoms with Crippen LogP contribution in [0, 0.1) is 0 Å². The average molecular weight is 293 g/mol. The predicted molar refractivity (Wildman–Crippen MR) is 80.6 cm³/mol. The molecule has 0 radical (unpaired) electrons. The molecule has 0 saturated carbocycles. The highest BCUT2D eigenvalue weighted by Gasteiger charge is 2.14. The lowest BCUT2D eigenvalue weighted by atomic mass is 10.3. The average Bonchev–Trinajstić information content (AvgIpc) is 2.52. The largest absolute Gasteiger partial charge is 0.378 e. The van der Waals surface area contributed by atoms with E-state index in [1.165, 1.54) is 0 Å². The van der Waals surface area contributed by atoms with Crippen molar-refractivity contribution in [3.63, 3.8) is 0 Å². The minimum absolute atomic E-state index is 0.171. The summed E-state index contributed by atoms with van der Waals surface area (Å²) in [7, 11) is 4.02. The molecule has 0 aromatic carbocycles. The number of nitrogens with zero attached hydrogens (tertiary/aromatic N) is 4. The van der Waals surface area contributed by atoms with Gasteiger partial charge in [-0.2, -0.15) is 0 Å². The van der Waals surface area contributed by atoms with Gasteiger partial charge in [-0.25, -0.2) is 0 Å². The fourth-order valence-corrected chi connectivity index (χ4v) is 2.10. The van der Waals surface area contributed by atoms with Crippen molar-refractivity contribution < 1.29 is 9.53 Å². The summed E-state index contributed by atoms with van der Waals surface area (Å²) in [5.74, 6) is 0.622. The molecule has 2 rings (SSSR count). The highest BCUT2D eigenvalue weighted by Crippen LogP contribution is 2.11. The molecule has 1 fully saturated rings. The van der Waals surface area contributed by atoms with Crippen LogP contribution >= 0.6 is 0 Å². The molecule has 1 aliphatic heterocycles.